The number of aliphatic hydroxyl groups excluding tert-OH is 1. The molecular weight excluding hydrogens is 156 g/mol. The summed E-state index contributed by atoms with van der Waals surface area (Å²) in [5.74, 6) is 0. The van der Waals surface area contributed by atoms with Gasteiger partial charge >= 0.3 is 0 Å². The highest BCUT2D eigenvalue weighted by Crippen LogP contribution is 1.92. The lowest BCUT2D eigenvalue weighted by molar-refractivity contribution is 0.198. The third-order valence-electron chi connectivity index (χ3n) is 0.566. The number of hydrogen-bond acceptors (Lipinski definition) is 1. The van der Waals surface area contributed by atoms with E-state index in [2.05, 4.69) is 15.9 Å². The van der Waals surface area contributed by atoms with Crippen molar-refractivity contribution in [3.63, 3.8) is 0 Å². The van der Waals surface area contributed by atoms with Crippen LogP contribution in [0.5, 0.6) is 0 Å². The van der Waals surface area contributed by atoms with Crippen molar-refractivity contribution in [3.8, 4) is 0 Å². The first-order valence-corrected chi connectivity index (χ1v) is 3.12. The van der Waals surface area contributed by atoms with Gasteiger partial charge in [-0.05, 0) is 18.3 Å². The average molecular weight is 165 g/mol. The van der Waals surface area contributed by atoms with E-state index >= 15 is 0 Å². The molecule has 0 fully saturated rings. The molecule has 0 heterocycles. The van der Waals surface area contributed by atoms with E-state index in [-0.39, 0.29) is 6.10 Å². The minimum atomic E-state index is -0.214. The molecule has 0 aromatic heterocycles. The Labute approximate surface area is 52.2 Å². The first-order valence-electron chi connectivity index (χ1n) is 2.20. The Bertz CT molecular complexity index is 59.1. The van der Waals surface area contributed by atoms with Gasteiger partial charge in [0.05, 0.1) is 6.10 Å². The molecule has 0 aromatic carbocycles. The van der Waals surface area contributed by atoms with E-state index in [1.54, 1.807) is 11.9 Å². The maximum Gasteiger partial charge on any atom is 0.0546 e. The molecule has 1 atom stereocenters. The molecule has 0 saturated heterocycles. The normalized spacial score (nSPS) is 15.3. The van der Waals surface area contributed by atoms with E-state index < -0.39 is 0 Å². The van der Waals surface area contributed by atoms with Crippen molar-refractivity contribution in [2.45, 2.75) is 19.4 Å². The molecule has 0 saturated carbocycles. The molecule has 7 heavy (non-hydrogen) atoms. The van der Waals surface area contributed by atoms with Crippen molar-refractivity contribution in [2.24, 2.45) is 0 Å². The van der Waals surface area contributed by atoms with E-state index in [0.29, 0.717) is 0 Å². The smallest absolute Gasteiger partial charge is 0.0546 e. The standard InChI is InChI=1S/C5H9BrO/c1-5(7)3-2-4-6/h2,4-5,7H,3H2,1H3/b4-2+/t5-/m0/s1. The summed E-state index contributed by atoms with van der Waals surface area (Å²) < 4.78 is 0. The number of aliphatic hydroxyl groups is 1. The fraction of sp³-hybridized carbons (Fsp3) is 0.600. The summed E-state index contributed by atoms with van der Waals surface area (Å²) in [4.78, 5) is 1.75. The van der Waals surface area contributed by atoms with E-state index in [1.807, 2.05) is 6.08 Å². The Balaban J connectivity index is 2.97. The molecule has 0 amide bonds. The van der Waals surface area contributed by atoms with E-state index in [9.17, 15) is 0 Å². The molecule has 0 aliphatic carbocycles. The summed E-state index contributed by atoms with van der Waals surface area (Å²) in [7, 11) is 0. The van der Waals surface area contributed by atoms with Crippen molar-refractivity contribution < 1.29 is 5.11 Å². The molecule has 2 heteroatoms. The molecule has 1 nitrogen and oxygen atoms in total. The van der Waals surface area contributed by atoms with Crippen molar-refractivity contribution in [2.75, 3.05) is 0 Å². The van der Waals surface area contributed by atoms with Crippen LogP contribution in [0, 0.1) is 0 Å². The van der Waals surface area contributed by atoms with Gasteiger partial charge in [0, 0.05) is 0 Å². The molecule has 0 bridgehead atoms. The van der Waals surface area contributed by atoms with Gasteiger partial charge in [0.2, 0.25) is 0 Å². The van der Waals surface area contributed by atoms with Crippen LogP contribution in [0.3, 0.4) is 0 Å². The maximum absolute atomic E-state index is 8.61. The zero-order chi connectivity index (χ0) is 5.70. The highest BCUT2D eigenvalue weighted by atomic mass is 79.9. The fourth-order valence-electron chi connectivity index (χ4n) is 0.248. The third kappa shape index (κ3) is 6.18. The Morgan fingerprint density at radius 1 is 1.86 bits per heavy atom. The van der Waals surface area contributed by atoms with Gasteiger partial charge < -0.3 is 5.11 Å². The van der Waals surface area contributed by atoms with Gasteiger partial charge in [-0.1, -0.05) is 22.0 Å². The van der Waals surface area contributed by atoms with Crippen LogP contribution in [0.1, 0.15) is 13.3 Å². The van der Waals surface area contributed by atoms with Crippen LogP contribution in [0.4, 0.5) is 0 Å². The van der Waals surface area contributed by atoms with Crippen LogP contribution in [-0.2, 0) is 0 Å². The second-order valence-electron chi connectivity index (χ2n) is 1.45. The quantitative estimate of drug-likeness (QED) is 0.659. The molecule has 0 spiro atoms. The number of hydrogen-bond donors (Lipinski definition) is 1. The van der Waals surface area contributed by atoms with E-state index in [1.165, 1.54) is 0 Å². The molecule has 0 rings (SSSR count). The summed E-state index contributed by atoms with van der Waals surface area (Å²) in [5, 5.41) is 8.61. The molecule has 0 unspecified atom stereocenters. The molecule has 0 aliphatic heterocycles. The van der Waals surface area contributed by atoms with Crippen LogP contribution in [0.15, 0.2) is 11.1 Å². The molecule has 1 N–H and O–H groups in total. The van der Waals surface area contributed by atoms with Crippen molar-refractivity contribution in [1.29, 1.82) is 0 Å². The summed E-state index contributed by atoms with van der Waals surface area (Å²) in [6, 6.07) is 0. The highest BCUT2D eigenvalue weighted by molar-refractivity contribution is 9.11. The predicted octanol–water partition coefficient (Wildman–Crippen LogP) is 1.67. The second kappa shape index (κ2) is 4.34. The topological polar surface area (TPSA) is 20.2 Å². The maximum atomic E-state index is 8.61. The Hall–Kier alpha value is 0.180. The highest BCUT2D eigenvalue weighted by Gasteiger charge is 1.85. The molecular formula is C5H9BrO. The Kier molecular flexibility index (Phi) is 4.45. The SMILES string of the molecule is C[C@H](O)C/C=C/Br. The number of rotatable bonds is 2. The zero-order valence-electron chi connectivity index (χ0n) is 4.26. The number of halogens is 1. The molecule has 0 aliphatic rings. The van der Waals surface area contributed by atoms with Gasteiger partial charge in [0.1, 0.15) is 0 Å². The lowest BCUT2D eigenvalue weighted by atomic mass is 10.3. The van der Waals surface area contributed by atoms with Gasteiger partial charge in [-0.3, -0.25) is 0 Å². The minimum absolute atomic E-state index is 0.214. The average Bonchev–Trinajstić information content (AvgIpc) is 1.61. The Morgan fingerprint density at radius 3 is 2.57 bits per heavy atom. The minimum Gasteiger partial charge on any atom is -0.393 e. The summed E-state index contributed by atoms with van der Waals surface area (Å²) in [6.07, 6.45) is 2.38. The van der Waals surface area contributed by atoms with Crippen molar-refractivity contribution in [3.05, 3.63) is 11.1 Å². The van der Waals surface area contributed by atoms with Gasteiger partial charge in [-0.15, -0.1) is 0 Å². The first kappa shape index (κ1) is 7.18. The second-order valence-corrected chi connectivity index (χ2v) is 1.98. The van der Waals surface area contributed by atoms with Crippen LogP contribution >= 0.6 is 15.9 Å². The zero-order valence-corrected chi connectivity index (χ0v) is 5.85. The van der Waals surface area contributed by atoms with Crippen LogP contribution < -0.4 is 0 Å². The van der Waals surface area contributed by atoms with Crippen LogP contribution in [0.25, 0.3) is 0 Å². The van der Waals surface area contributed by atoms with Gasteiger partial charge in [0.25, 0.3) is 0 Å². The monoisotopic (exact) mass is 164 g/mol. The summed E-state index contributed by atoms with van der Waals surface area (Å²) >= 11 is 3.09. The van der Waals surface area contributed by atoms with Gasteiger partial charge in [0.15, 0.2) is 0 Å². The Morgan fingerprint density at radius 2 is 2.43 bits per heavy atom. The first-order chi connectivity index (χ1) is 3.27. The molecule has 42 valence electrons. The van der Waals surface area contributed by atoms with Crippen LogP contribution in [0.2, 0.25) is 0 Å². The van der Waals surface area contributed by atoms with Crippen molar-refractivity contribution in [1.82, 2.24) is 0 Å². The lowest BCUT2D eigenvalue weighted by Crippen LogP contribution is -1.94. The van der Waals surface area contributed by atoms with Crippen molar-refractivity contribution >= 4 is 15.9 Å². The van der Waals surface area contributed by atoms with E-state index in [0.717, 1.165) is 6.42 Å². The van der Waals surface area contributed by atoms with Crippen LogP contribution in [-0.4, -0.2) is 11.2 Å². The van der Waals surface area contributed by atoms with Gasteiger partial charge in [-0.25, -0.2) is 0 Å². The third-order valence-corrected chi connectivity index (χ3v) is 0.940. The predicted molar refractivity (Wildman–Crippen MR) is 34.4 cm³/mol. The fourth-order valence-corrected chi connectivity index (χ4v) is 0.464. The molecule has 0 aromatic rings. The lowest BCUT2D eigenvalue weighted by Gasteiger charge is -1.93. The van der Waals surface area contributed by atoms with Gasteiger partial charge in [-0.2, -0.15) is 0 Å². The summed E-state index contributed by atoms with van der Waals surface area (Å²) in [6.45, 7) is 1.76. The van der Waals surface area contributed by atoms with E-state index in [4.69, 9.17) is 5.11 Å². The summed E-state index contributed by atoms with van der Waals surface area (Å²) in [5.41, 5.74) is 0. The largest absolute Gasteiger partial charge is 0.393 e. The molecule has 0 radical (unpaired) electrons.